The number of ether oxygens (including phenoxy) is 1. The molecule has 0 aliphatic carbocycles. The fourth-order valence-electron chi connectivity index (χ4n) is 2.05. The van der Waals surface area contributed by atoms with Crippen LogP contribution in [0.4, 0.5) is 0 Å². The van der Waals surface area contributed by atoms with Gasteiger partial charge >= 0.3 is 0 Å². The van der Waals surface area contributed by atoms with Crippen LogP contribution in [0.25, 0.3) is 0 Å². The number of hydrogen-bond donors (Lipinski definition) is 1. The van der Waals surface area contributed by atoms with Gasteiger partial charge < -0.3 is 9.84 Å². The molecule has 0 spiro atoms. The number of β-amino-alcohol motifs (C(OH)–C–C–N with tert-alkyl or cyclic N) is 1. The number of aliphatic hydroxyl groups excluding tert-OH is 1. The minimum Gasteiger partial charge on any atom is -0.495 e. The first-order valence-corrected chi connectivity index (χ1v) is 7.22. The summed E-state index contributed by atoms with van der Waals surface area (Å²) in [4.78, 5) is 0.166. The number of hydrogen-bond acceptors (Lipinski definition) is 4. The predicted molar refractivity (Wildman–Crippen MR) is 67.1 cm³/mol. The zero-order chi connectivity index (χ0) is 13.3. The maximum Gasteiger partial charge on any atom is 0.246 e. The molecule has 1 fully saturated rings. The zero-order valence-electron chi connectivity index (χ0n) is 10.5. The number of aryl methyl sites for hydroxylation is 1. The lowest BCUT2D eigenvalue weighted by Crippen LogP contribution is -2.30. The van der Waals surface area contributed by atoms with E-state index in [9.17, 15) is 13.5 Å². The summed E-state index contributed by atoms with van der Waals surface area (Å²) >= 11 is 0. The molecular weight excluding hydrogens is 254 g/mol. The normalized spacial score (nSPS) is 21.2. The lowest BCUT2D eigenvalue weighted by Gasteiger charge is -2.18. The lowest BCUT2D eigenvalue weighted by atomic mass is 10.2. The minimum absolute atomic E-state index is 0.152. The van der Waals surface area contributed by atoms with E-state index < -0.39 is 16.1 Å². The highest BCUT2D eigenvalue weighted by Crippen LogP contribution is 2.29. The van der Waals surface area contributed by atoms with Crippen LogP contribution in [-0.4, -0.2) is 44.1 Å². The van der Waals surface area contributed by atoms with Crippen molar-refractivity contribution in [2.45, 2.75) is 24.3 Å². The third kappa shape index (κ3) is 2.36. The summed E-state index contributed by atoms with van der Waals surface area (Å²) in [6.45, 7) is 2.33. The highest BCUT2D eigenvalue weighted by molar-refractivity contribution is 7.89. The maximum atomic E-state index is 12.4. The summed E-state index contributed by atoms with van der Waals surface area (Å²) < 4.78 is 31.3. The van der Waals surface area contributed by atoms with Gasteiger partial charge in [-0.2, -0.15) is 4.31 Å². The summed E-state index contributed by atoms with van der Waals surface area (Å²) in [5, 5.41) is 9.45. The van der Waals surface area contributed by atoms with Crippen LogP contribution in [0.3, 0.4) is 0 Å². The molecule has 1 aromatic carbocycles. The van der Waals surface area contributed by atoms with Gasteiger partial charge in [0.15, 0.2) is 0 Å². The summed E-state index contributed by atoms with van der Waals surface area (Å²) in [7, 11) is -2.14. The van der Waals surface area contributed by atoms with E-state index in [2.05, 4.69) is 0 Å². The zero-order valence-corrected chi connectivity index (χ0v) is 11.3. The fourth-order valence-corrected chi connectivity index (χ4v) is 3.79. The molecule has 0 bridgehead atoms. The molecule has 1 N–H and O–H groups in total. The Hall–Kier alpha value is -1.11. The number of aliphatic hydroxyl groups is 1. The summed E-state index contributed by atoms with van der Waals surface area (Å²) in [5.41, 5.74) is 0.856. The summed E-state index contributed by atoms with van der Waals surface area (Å²) in [6.07, 6.45) is -0.0940. The monoisotopic (exact) mass is 271 g/mol. The van der Waals surface area contributed by atoms with Crippen molar-refractivity contribution in [1.29, 1.82) is 0 Å². The predicted octanol–water partition coefficient (Wildman–Crippen LogP) is 0.759. The van der Waals surface area contributed by atoms with Crippen molar-refractivity contribution in [1.82, 2.24) is 4.31 Å². The van der Waals surface area contributed by atoms with Crippen molar-refractivity contribution in [3.05, 3.63) is 23.8 Å². The van der Waals surface area contributed by atoms with Gasteiger partial charge in [-0.1, -0.05) is 6.07 Å². The number of nitrogens with zero attached hydrogens (tertiary/aromatic N) is 1. The van der Waals surface area contributed by atoms with Gasteiger partial charge in [-0.25, -0.2) is 8.42 Å². The molecule has 100 valence electrons. The van der Waals surface area contributed by atoms with E-state index in [0.717, 1.165) is 5.56 Å². The first-order chi connectivity index (χ1) is 8.45. The third-order valence-electron chi connectivity index (χ3n) is 3.06. The lowest BCUT2D eigenvalue weighted by molar-refractivity contribution is 0.189. The van der Waals surface area contributed by atoms with Crippen LogP contribution < -0.4 is 4.74 Å². The molecule has 0 amide bonds. The van der Waals surface area contributed by atoms with Gasteiger partial charge in [0.05, 0.1) is 13.2 Å². The SMILES string of the molecule is COc1ccc(C)cc1S(=O)(=O)N1CC[C@H](O)C1. The Morgan fingerprint density at radius 2 is 2.17 bits per heavy atom. The summed E-state index contributed by atoms with van der Waals surface area (Å²) in [5.74, 6) is 0.335. The topological polar surface area (TPSA) is 66.8 Å². The van der Waals surface area contributed by atoms with Gasteiger partial charge in [0.1, 0.15) is 10.6 Å². The van der Waals surface area contributed by atoms with Gasteiger partial charge in [0, 0.05) is 13.1 Å². The second-order valence-electron chi connectivity index (χ2n) is 4.46. The van der Waals surface area contributed by atoms with E-state index in [1.54, 1.807) is 18.2 Å². The van der Waals surface area contributed by atoms with Crippen molar-refractivity contribution >= 4 is 10.0 Å². The highest BCUT2D eigenvalue weighted by atomic mass is 32.2. The maximum absolute atomic E-state index is 12.4. The Morgan fingerprint density at radius 1 is 1.44 bits per heavy atom. The van der Waals surface area contributed by atoms with Crippen LogP contribution in [-0.2, 0) is 10.0 Å². The largest absolute Gasteiger partial charge is 0.495 e. The molecule has 0 saturated carbocycles. The van der Waals surface area contributed by atoms with Crippen molar-refractivity contribution in [2.24, 2.45) is 0 Å². The molecular formula is C12H17NO4S. The molecule has 1 aromatic rings. The Morgan fingerprint density at radius 3 is 2.72 bits per heavy atom. The Bertz CT molecular complexity index is 541. The standard InChI is InChI=1S/C12H17NO4S/c1-9-3-4-11(17-2)12(7-9)18(15,16)13-6-5-10(14)8-13/h3-4,7,10,14H,5-6,8H2,1-2H3/t10-/m0/s1. The average molecular weight is 271 g/mol. The minimum atomic E-state index is -3.59. The summed E-state index contributed by atoms with van der Waals surface area (Å²) in [6, 6.07) is 5.05. The van der Waals surface area contributed by atoms with Gasteiger partial charge in [-0.15, -0.1) is 0 Å². The molecule has 1 aliphatic rings. The van der Waals surface area contributed by atoms with Crippen molar-refractivity contribution in [3.8, 4) is 5.75 Å². The number of rotatable bonds is 3. The molecule has 0 aromatic heterocycles. The van der Waals surface area contributed by atoms with Crippen LogP contribution in [0.5, 0.6) is 5.75 Å². The number of sulfonamides is 1. The molecule has 18 heavy (non-hydrogen) atoms. The molecule has 0 unspecified atom stereocenters. The van der Waals surface area contributed by atoms with Crippen LogP contribution >= 0.6 is 0 Å². The smallest absolute Gasteiger partial charge is 0.246 e. The molecule has 6 heteroatoms. The number of benzene rings is 1. The van der Waals surface area contributed by atoms with Gasteiger partial charge in [-0.3, -0.25) is 0 Å². The van der Waals surface area contributed by atoms with Crippen LogP contribution in [0.15, 0.2) is 23.1 Å². The Labute approximate surface area is 107 Å². The van der Waals surface area contributed by atoms with E-state index in [-0.39, 0.29) is 11.4 Å². The van der Waals surface area contributed by atoms with Crippen molar-refractivity contribution in [3.63, 3.8) is 0 Å². The Kier molecular flexibility index (Phi) is 3.61. The highest BCUT2D eigenvalue weighted by Gasteiger charge is 2.33. The molecule has 2 rings (SSSR count). The molecule has 1 aliphatic heterocycles. The molecule has 5 nitrogen and oxygen atoms in total. The van der Waals surface area contributed by atoms with Gasteiger partial charge in [0.2, 0.25) is 10.0 Å². The van der Waals surface area contributed by atoms with Gasteiger partial charge in [0.25, 0.3) is 0 Å². The van der Waals surface area contributed by atoms with E-state index in [1.165, 1.54) is 11.4 Å². The van der Waals surface area contributed by atoms with E-state index in [4.69, 9.17) is 4.74 Å². The third-order valence-corrected chi connectivity index (χ3v) is 4.95. The number of methoxy groups -OCH3 is 1. The fraction of sp³-hybridized carbons (Fsp3) is 0.500. The van der Waals surface area contributed by atoms with Crippen molar-refractivity contribution in [2.75, 3.05) is 20.2 Å². The Balaban J connectivity index is 2.43. The first-order valence-electron chi connectivity index (χ1n) is 5.78. The second kappa shape index (κ2) is 4.87. The van der Waals surface area contributed by atoms with E-state index in [0.29, 0.717) is 18.7 Å². The second-order valence-corrected chi connectivity index (χ2v) is 6.37. The molecule has 0 radical (unpaired) electrons. The van der Waals surface area contributed by atoms with Gasteiger partial charge in [-0.05, 0) is 31.0 Å². The van der Waals surface area contributed by atoms with E-state index >= 15 is 0 Å². The molecule has 1 saturated heterocycles. The molecule has 1 atom stereocenters. The van der Waals surface area contributed by atoms with E-state index in [1.807, 2.05) is 6.92 Å². The molecule has 1 heterocycles. The average Bonchev–Trinajstić information content (AvgIpc) is 2.76. The first kappa shape index (κ1) is 13.3. The van der Waals surface area contributed by atoms with Crippen LogP contribution in [0, 0.1) is 6.92 Å². The van der Waals surface area contributed by atoms with Crippen molar-refractivity contribution < 1.29 is 18.3 Å². The van der Waals surface area contributed by atoms with Crippen LogP contribution in [0.2, 0.25) is 0 Å². The quantitative estimate of drug-likeness (QED) is 0.881. The van der Waals surface area contributed by atoms with Crippen LogP contribution in [0.1, 0.15) is 12.0 Å².